The van der Waals surface area contributed by atoms with Crippen LogP contribution in [0.5, 0.6) is 0 Å². The third-order valence-electron chi connectivity index (χ3n) is 4.26. The minimum Gasteiger partial charge on any atom is -0.340 e. The van der Waals surface area contributed by atoms with Gasteiger partial charge in [-0.15, -0.1) is 0 Å². The smallest absolute Gasteiger partial charge is 0.223 e. The Labute approximate surface area is 149 Å². The van der Waals surface area contributed by atoms with Crippen molar-refractivity contribution in [1.29, 1.82) is 0 Å². The molecule has 0 aliphatic carbocycles. The summed E-state index contributed by atoms with van der Waals surface area (Å²) in [5.74, 6) is -0.117. The summed E-state index contributed by atoms with van der Waals surface area (Å²) >= 11 is 5.88. The Kier molecular flexibility index (Phi) is 7.07. The van der Waals surface area contributed by atoms with Crippen molar-refractivity contribution in [2.45, 2.75) is 19.3 Å². The van der Waals surface area contributed by atoms with Gasteiger partial charge < -0.3 is 4.90 Å². The zero-order valence-corrected chi connectivity index (χ0v) is 15.7. The monoisotopic (exact) mass is 372 g/mol. The Morgan fingerprint density at radius 3 is 2.33 bits per heavy atom. The summed E-state index contributed by atoms with van der Waals surface area (Å²) in [5, 5.41) is 0.760. The van der Waals surface area contributed by atoms with Gasteiger partial charge >= 0.3 is 0 Å². The van der Waals surface area contributed by atoms with E-state index in [2.05, 4.69) is 17.0 Å². The Morgan fingerprint density at radius 1 is 1.12 bits per heavy atom. The van der Waals surface area contributed by atoms with Gasteiger partial charge in [-0.1, -0.05) is 23.7 Å². The fourth-order valence-electron chi connectivity index (χ4n) is 2.81. The Bertz CT molecular complexity index is 638. The van der Waals surface area contributed by atoms with Crippen molar-refractivity contribution in [3.63, 3.8) is 0 Å². The molecule has 134 valence electrons. The first kappa shape index (κ1) is 19.2. The van der Waals surface area contributed by atoms with Gasteiger partial charge in [-0.3, -0.25) is 9.69 Å². The van der Waals surface area contributed by atoms with E-state index in [-0.39, 0.29) is 18.1 Å². The van der Waals surface area contributed by atoms with Crippen LogP contribution in [0.4, 0.5) is 0 Å². The average molecular weight is 373 g/mol. The van der Waals surface area contributed by atoms with Gasteiger partial charge in [0.05, 0.1) is 5.75 Å². The molecule has 0 N–H and O–H groups in total. The first-order valence-corrected chi connectivity index (χ1v) is 10.7. The quantitative estimate of drug-likeness (QED) is 0.733. The summed E-state index contributed by atoms with van der Waals surface area (Å²) in [6.45, 7) is 4.08. The minimum atomic E-state index is -3.08. The van der Waals surface area contributed by atoms with E-state index in [9.17, 15) is 13.2 Å². The van der Waals surface area contributed by atoms with Crippen LogP contribution >= 0.6 is 11.6 Å². The van der Waals surface area contributed by atoms with Crippen LogP contribution in [0.15, 0.2) is 24.3 Å². The highest BCUT2D eigenvalue weighted by Gasteiger charge is 2.21. The second-order valence-corrected chi connectivity index (χ2v) is 9.03. The Balaban J connectivity index is 1.65. The molecule has 1 aliphatic heterocycles. The normalized spacial score (nSPS) is 16.3. The molecule has 0 saturated carbocycles. The van der Waals surface area contributed by atoms with Crippen LogP contribution in [0.3, 0.4) is 0 Å². The van der Waals surface area contributed by atoms with Crippen molar-refractivity contribution in [1.82, 2.24) is 9.80 Å². The van der Waals surface area contributed by atoms with Crippen LogP contribution in [0, 0.1) is 0 Å². The molecule has 1 saturated heterocycles. The molecule has 1 aromatic carbocycles. The van der Waals surface area contributed by atoms with E-state index in [1.807, 2.05) is 12.1 Å². The summed E-state index contributed by atoms with van der Waals surface area (Å²) in [4.78, 5) is 16.1. The third-order valence-corrected chi connectivity index (χ3v) is 5.46. The van der Waals surface area contributed by atoms with E-state index in [1.165, 1.54) is 11.8 Å². The van der Waals surface area contributed by atoms with Crippen LogP contribution < -0.4 is 0 Å². The van der Waals surface area contributed by atoms with Gasteiger partial charge in [0.25, 0.3) is 0 Å². The van der Waals surface area contributed by atoms with Crippen LogP contribution in [-0.4, -0.2) is 68.9 Å². The second-order valence-electron chi connectivity index (χ2n) is 6.33. The van der Waals surface area contributed by atoms with Gasteiger partial charge in [0.15, 0.2) is 0 Å². The van der Waals surface area contributed by atoms with Crippen LogP contribution in [0.1, 0.15) is 18.4 Å². The Morgan fingerprint density at radius 2 is 1.75 bits per heavy atom. The molecule has 0 aromatic heterocycles. The number of carbonyl (C=O) groups is 1. The summed E-state index contributed by atoms with van der Waals surface area (Å²) in [7, 11) is -3.08. The van der Waals surface area contributed by atoms with Gasteiger partial charge in [0.2, 0.25) is 5.91 Å². The molecular formula is C17H25ClN2O3S. The van der Waals surface area contributed by atoms with Crippen molar-refractivity contribution in [2.24, 2.45) is 0 Å². The van der Waals surface area contributed by atoms with E-state index < -0.39 is 9.84 Å². The molecular weight excluding hydrogens is 348 g/mol. The summed E-state index contributed by atoms with van der Waals surface area (Å²) in [6, 6.07) is 7.94. The molecule has 0 unspecified atom stereocenters. The first-order valence-electron chi connectivity index (χ1n) is 8.26. The highest BCUT2D eigenvalue weighted by atomic mass is 35.5. The maximum absolute atomic E-state index is 12.0. The van der Waals surface area contributed by atoms with Gasteiger partial charge in [0, 0.05) is 43.9 Å². The molecule has 5 nitrogen and oxygen atoms in total. The lowest BCUT2D eigenvalue weighted by Gasteiger charge is -2.34. The molecule has 2 rings (SSSR count). The van der Waals surface area contributed by atoms with Crippen molar-refractivity contribution in [3.05, 3.63) is 34.9 Å². The van der Waals surface area contributed by atoms with Crippen molar-refractivity contribution < 1.29 is 13.2 Å². The number of benzene rings is 1. The van der Waals surface area contributed by atoms with Crippen molar-refractivity contribution >= 4 is 27.3 Å². The Hall–Kier alpha value is -1.11. The lowest BCUT2D eigenvalue weighted by Crippen LogP contribution is -2.49. The number of rotatable bonds is 7. The maximum atomic E-state index is 12.0. The zero-order valence-electron chi connectivity index (χ0n) is 14.1. The number of carbonyl (C=O) groups excluding carboxylic acids is 1. The van der Waals surface area contributed by atoms with Crippen LogP contribution in [0.25, 0.3) is 0 Å². The number of hydrogen-bond acceptors (Lipinski definition) is 4. The molecule has 1 aromatic rings. The summed E-state index contributed by atoms with van der Waals surface area (Å²) < 4.78 is 22.3. The number of sulfone groups is 1. The van der Waals surface area contributed by atoms with Gasteiger partial charge in [-0.25, -0.2) is 8.42 Å². The standard InChI is InChI=1S/C17H25ClN2O3S/c1-24(22,23)14-8-17(21)20-12-10-19(11-13-20)9-2-3-15-4-6-16(18)7-5-15/h4-7H,2-3,8-14H2,1H3. The van der Waals surface area contributed by atoms with E-state index in [4.69, 9.17) is 11.6 Å². The molecule has 0 spiro atoms. The number of halogens is 1. The highest BCUT2D eigenvalue weighted by molar-refractivity contribution is 7.90. The van der Waals surface area contributed by atoms with Crippen molar-refractivity contribution in [3.8, 4) is 0 Å². The SMILES string of the molecule is CS(=O)(=O)CCC(=O)N1CCN(CCCc2ccc(Cl)cc2)CC1. The topological polar surface area (TPSA) is 57.7 Å². The van der Waals surface area contributed by atoms with E-state index >= 15 is 0 Å². The molecule has 1 fully saturated rings. The molecule has 24 heavy (non-hydrogen) atoms. The number of amides is 1. The van der Waals surface area contributed by atoms with E-state index in [1.54, 1.807) is 4.90 Å². The van der Waals surface area contributed by atoms with Gasteiger partial charge in [-0.05, 0) is 37.1 Å². The molecule has 0 atom stereocenters. The largest absolute Gasteiger partial charge is 0.340 e. The maximum Gasteiger partial charge on any atom is 0.223 e. The molecule has 1 amide bonds. The van der Waals surface area contributed by atoms with Gasteiger partial charge in [0.1, 0.15) is 9.84 Å². The minimum absolute atomic E-state index is 0.0544. The molecule has 0 radical (unpaired) electrons. The van der Waals surface area contributed by atoms with E-state index in [0.717, 1.165) is 37.5 Å². The fourth-order valence-corrected chi connectivity index (χ4v) is 3.48. The second kappa shape index (κ2) is 8.83. The average Bonchev–Trinajstić information content (AvgIpc) is 2.54. The fraction of sp³-hybridized carbons (Fsp3) is 0.588. The molecule has 1 aliphatic rings. The lowest BCUT2D eigenvalue weighted by atomic mass is 10.1. The van der Waals surface area contributed by atoms with Gasteiger partial charge in [-0.2, -0.15) is 0 Å². The summed E-state index contributed by atoms with van der Waals surface area (Å²) in [6.07, 6.45) is 3.35. The number of aryl methyl sites for hydroxylation is 1. The molecule has 7 heteroatoms. The predicted octanol–water partition coefficient (Wildman–Crippen LogP) is 1.85. The number of nitrogens with zero attached hydrogens (tertiary/aromatic N) is 2. The number of piperazine rings is 1. The summed E-state index contributed by atoms with van der Waals surface area (Å²) in [5.41, 5.74) is 1.29. The molecule has 1 heterocycles. The van der Waals surface area contributed by atoms with Crippen LogP contribution in [-0.2, 0) is 21.1 Å². The zero-order chi connectivity index (χ0) is 17.6. The predicted molar refractivity (Wildman–Crippen MR) is 97.1 cm³/mol. The first-order chi connectivity index (χ1) is 11.3. The van der Waals surface area contributed by atoms with Crippen molar-refractivity contribution in [2.75, 3.05) is 44.7 Å². The third kappa shape index (κ3) is 6.79. The van der Waals surface area contributed by atoms with E-state index in [0.29, 0.717) is 13.1 Å². The van der Waals surface area contributed by atoms with Crippen LogP contribution in [0.2, 0.25) is 5.02 Å². The molecule has 0 bridgehead atoms. The lowest BCUT2D eigenvalue weighted by molar-refractivity contribution is -0.132. The highest BCUT2D eigenvalue weighted by Crippen LogP contribution is 2.12. The number of hydrogen-bond donors (Lipinski definition) is 0.